The molecule has 2 fully saturated rings. The molecule has 0 amide bonds. The molecule has 8 heteroatoms. The zero-order valence-electron chi connectivity index (χ0n) is 41.4. The van der Waals surface area contributed by atoms with Gasteiger partial charge in [0.05, 0.1) is 11.4 Å². The van der Waals surface area contributed by atoms with E-state index < -0.39 is 0 Å². The molecule has 4 aliphatic rings. The predicted octanol–water partition coefficient (Wildman–Crippen LogP) is 12.8. The highest BCUT2D eigenvalue weighted by Crippen LogP contribution is 2.28. The van der Waals surface area contributed by atoms with E-state index in [0.717, 1.165) is 93.4 Å². The number of piperidine rings is 2. The van der Waals surface area contributed by atoms with Crippen LogP contribution < -0.4 is 9.80 Å². The molecule has 2 aromatic rings. The average molecular weight is 809 g/mol. The molecule has 8 nitrogen and oxygen atoms in total. The van der Waals surface area contributed by atoms with Crippen LogP contribution in [-0.2, 0) is 25.7 Å². The molecule has 0 saturated carbocycles. The first kappa shape index (κ1) is 57.3. The topological polar surface area (TPSA) is 64.5 Å². The summed E-state index contributed by atoms with van der Waals surface area (Å²) in [7, 11) is 4.24. The number of hydrogen-bond acceptors (Lipinski definition) is 8. The number of hydrogen-bond donors (Lipinski definition) is 0. The number of fused-ring (bicyclic) bond motifs is 2. The maximum atomic E-state index is 4.73. The van der Waals surface area contributed by atoms with Crippen molar-refractivity contribution in [3.05, 3.63) is 46.3 Å². The van der Waals surface area contributed by atoms with Gasteiger partial charge in [-0.05, 0) is 103 Å². The second-order valence-corrected chi connectivity index (χ2v) is 14.2. The van der Waals surface area contributed by atoms with Gasteiger partial charge in [-0.25, -0.2) is 19.9 Å². The number of allylic oxidation sites excluding steroid dienone is 2. The lowest BCUT2D eigenvalue weighted by Crippen LogP contribution is -2.29. The Morgan fingerprint density at radius 1 is 0.500 bits per heavy atom. The van der Waals surface area contributed by atoms with Crippen LogP contribution in [0.15, 0.2) is 12.2 Å². The number of anilines is 2. The Kier molecular flexibility index (Phi) is 37.9. The van der Waals surface area contributed by atoms with Crippen molar-refractivity contribution < 1.29 is 0 Å². The van der Waals surface area contributed by atoms with Crippen LogP contribution in [0.4, 0.5) is 11.6 Å². The van der Waals surface area contributed by atoms with Crippen LogP contribution in [0.1, 0.15) is 195 Å². The summed E-state index contributed by atoms with van der Waals surface area (Å²) in [6, 6.07) is 0. The fourth-order valence-electron chi connectivity index (χ4n) is 7.04. The van der Waals surface area contributed by atoms with E-state index in [1.165, 1.54) is 94.6 Å². The molecular weight excluding hydrogens is 713 g/mol. The van der Waals surface area contributed by atoms with E-state index in [9.17, 15) is 0 Å². The minimum atomic E-state index is 0.960. The van der Waals surface area contributed by atoms with Gasteiger partial charge in [-0.2, -0.15) is 0 Å². The molecule has 58 heavy (non-hydrogen) atoms. The lowest BCUT2D eigenvalue weighted by molar-refractivity contribution is 0.240. The summed E-state index contributed by atoms with van der Waals surface area (Å²) >= 11 is 0. The molecule has 0 bridgehead atoms. The van der Waals surface area contributed by atoms with Crippen molar-refractivity contribution in [3.8, 4) is 0 Å². The van der Waals surface area contributed by atoms with Crippen molar-refractivity contribution in [2.45, 2.75) is 187 Å². The molecule has 0 radical (unpaired) electrons. The minimum absolute atomic E-state index is 0.960. The summed E-state index contributed by atoms with van der Waals surface area (Å²) in [4.78, 5) is 28.2. The van der Waals surface area contributed by atoms with Crippen molar-refractivity contribution in [1.82, 2.24) is 29.7 Å². The Morgan fingerprint density at radius 3 is 1.36 bits per heavy atom. The average Bonchev–Trinajstić information content (AvgIpc) is 3.98. The third-order valence-corrected chi connectivity index (χ3v) is 9.89. The third kappa shape index (κ3) is 22.0. The zero-order valence-corrected chi connectivity index (χ0v) is 41.4. The Bertz CT molecular complexity index is 1280. The first-order valence-corrected chi connectivity index (χ1v) is 24.4. The van der Waals surface area contributed by atoms with Gasteiger partial charge in [0.2, 0.25) is 0 Å². The highest BCUT2D eigenvalue weighted by atomic mass is 15.2. The van der Waals surface area contributed by atoms with Crippen molar-refractivity contribution in [2.24, 2.45) is 0 Å². The van der Waals surface area contributed by atoms with Crippen LogP contribution in [-0.4, -0.2) is 96.2 Å². The smallest absolute Gasteiger partial charge is 0.139 e. The Morgan fingerprint density at radius 2 is 0.931 bits per heavy atom. The van der Waals surface area contributed by atoms with Gasteiger partial charge in [-0.1, -0.05) is 128 Å². The standard InChI is InChI=1S/2C14H21N3.2C7H15N.4C2H6/c2*1-4-7-13-15-12-9-6-8-11(12)14(16-13)17(3)10-5-2;2*1-2-8-6-4-3-5-7-8;4*1-2/h6,9H,4-5,7-8,10H2,1-3H3;6,8H,4-5,7,9-10H2,1-3H3;2*2-7H2,1H3;4*1-2H3. The molecule has 6 rings (SSSR count). The van der Waals surface area contributed by atoms with Crippen LogP contribution in [0.25, 0.3) is 12.2 Å². The van der Waals surface area contributed by atoms with Gasteiger partial charge in [0.1, 0.15) is 23.3 Å². The molecule has 2 aliphatic heterocycles. The number of rotatable bonds is 12. The number of aromatic nitrogens is 4. The fraction of sp³-hybridized carbons (Fsp3) is 0.760. The maximum Gasteiger partial charge on any atom is 0.139 e. The van der Waals surface area contributed by atoms with E-state index in [4.69, 9.17) is 9.97 Å². The quantitative estimate of drug-likeness (QED) is 0.210. The molecule has 2 aliphatic carbocycles. The summed E-state index contributed by atoms with van der Waals surface area (Å²) in [5.74, 6) is 4.21. The lowest BCUT2D eigenvalue weighted by atomic mass is 10.1. The van der Waals surface area contributed by atoms with Crippen LogP contribution >= 0.6 is 0 Å². The summed E-state index contributed by atoms with van der Waals surface area (Å²) in [6.07, 6.45) is 25.6. The normalized spacial score (nSPS) is 14.5. The zero-order chi connectivity index (χ0) is 44.1. The van der Waals surface area contributed by atoms with Crippen LogP contribution in [0.2, 0.25) is 0 Å². The van der Waals surface area contributed by atoms with Gasteiger partial charge < -0.3 is 19.6 Å². The number of nitrogens with zero attached hydrogens (tertiary/aromatic N) is 8. The SMILES string of the molecule is CC.CC.CC.CC.CCCc1nc2c(c(N(C)CCC)n1)C=CC2.CCCc1nc2c(c(N(C)CCC)n1)CC=C2.CCN1CCCCC1.CCN1CCCCC1. The van der Waals surface area contributed by atoms with Crippen molar-refractivity contribution in [1.29, 1.82) is 0 Å². The first-order chi connectivity index (χ1) is 28.4. The van der Waals surface area contributed by atoms with Crippen molar-refractivity contribution in [3.63, 3.8) is 0 Å². The Labute approximate surface area is 361 Å². The molecule has 0 atom stereocenters. The van der Waals surface area contributed by atoms with Crippen LogP contribution in [0.5, 0.6) is 0 Å². The molecular formula is C50H96N8. The van der Waals surface area contributed by atoms with E-state index in [1.54, 1.807) is 0 Å². The van der Waals surface area contributed by atoms with E-state index in [0.29, 0.717) is 0 Å². The predicted molar refractivity (Wildman–Crippen MR) is 262 cm³/mol. The molecule has 0 N–H and O–H groups in total. The number of likely N-dealkylation sites (tertiary alicyclic amines) is 2. The van der Waals surface area contributed by atoms with E-state index in [2.05, 4.69) is 110 Å². The van der Waals surface area contributed by atoms with Gasteiger partial charge in [0, 0.05) is 57.6 Å². The largest absolute Gasteiger partial charge is 0.359 e. The minimum Gasteiger partial charge on any atom is -0.359 e. The van der Waals surface area contributed by atoms with E-state index in [1.807, 2.05) is 55.4 Å². The van der Waals surface area contributed by atoms with Crippen molar-refractivity contribution >= 4 is 23.8 Å². The monoisotopic (exact) mass is 809 g/mol. The van der Waals surface area contributed by atoms with E-state index >= 15 is 0 Å². The fourth-order valence-corrected chi connectivity index (χ4v) is 7.04. The molecule has 4 heterocycles. The number of aryl methyl sites for hydroxylation is 2. The molecule has 2 aromatic heterocycles. The second-order valence-electron chi connectivity index (χ2n) is 14.2. The van der Waals surface area contributed by atoms with Gasteiger partial charge in [0.15, 0.2) is 0 Å². The Balaban J connectivity index is 0. The highest BCUT2D eigenvalue weighted by Gasteiger charge is 2.19. The van der Waals surface area contributed by atoms with Gasteiger partial charge in [-0.3, -0.25) is 0 Å². The first-order valence-electron chi connectivity index (χ1n) is 24.4. The molecule has 0 unspecified atom stereocenters. The summed E-state index contributed by atoms with van der Waals surface area (Å²) in [5, 5.41) is 0. The van der Waals surface area contributed by atoms with Gasteiger partial charge in [-0.15, -0.1) is 0 Å². The lowest BCUT2D eigenvalue weighted by Gasteiger charge is -2.24. The van der Waals surface area contributed by atoms with Crippen LogP contribution in [0.3, 0.4) is 0 Å². The van der Waals surface area contributed by atoms with Gasteiger partial charge in [0.25, 0.3) is 0 Å². The molecule has 2 saturated heterocycles. The highest BCUT2D eigenvalue weighted by molar-refractivity contribution is 5.69. The maximum absolute atomic E-state index is 4.73. The summed E-state index contributed by atoms with van der Waals surface area (Å²) in [5.41, 5.74) is 4.84. The van der Waals surface area contributed by atoms with Crippen LogP contribution in [0, 0.1) is 0 Å². The summed E-state index contributed by atoms with van der Waals surface area (Å²) < 4.78 is 0. The molecule has 336 valence electrons. The Hall–Kier alpha value is -2.84. The van der Waals surface area contributed by atoms with Crippen molar-refractivity contribution in [2.75, 3.05) is 76.3 Å². The van der Waals surface area contributed by atoms with E-state index in [-0.39, 0.29) is 0 Å². The molecule has 0 spiro atoms. The molecule has 0 aromatic carbocycles. The third-order valence-electron chi connectivity index (χ3n) is 9.89. The summed E-state index contributed by atoms with van der Waals surface area (Å²) in [6.45, 7) is 39.2. The second kappa shape index (κ2) is 38.4. The van der Waals surface area contributed by atoms with Gasteiger partial charge >= 0.3 is 0 Å².